The van der Waals surface area contributed by atoms with Gasteiger partial charge in [0.05, 0.1) is 6.07 Å². The number of rotatable bonds is 4. The van der Waals surface area contributed by atoms with Crippen LogP contribution in [-0.4, -0.2) is 30.0 Å². The van der Waals surface area contributed by atoms with Crippen molar-refractivity contribution in [3.05, 3.63) is 30.3 Å². The number of carbonyl (C=O) groups excluding carboxylic acids is 1. The Morgan fingerprint density at radius 1 is 1.37 bits per heavy atom. The average Bonchev–Trinajstić information content (AvgIpc) is 2.95. The highest BCUT2D eigenvalue weighted by Crippen LogP contribution is 2.33. The first kappa shape index (κ1) is 13.4. The van der Waals surface area contributed by atoms with Crippen LogP contribution in [0.2, 0.25) is 0 Å². The van der Waals surface area contributed by atoms with Gasteiger partial charge in [-0.25, -0.2) is 0 Å². The molecular formula is C15H18N2O2. The van der Waals surface area contributed by atoms with Gasteiger partial charge in [0.15, 0.2) is 6.61 Å². The Kier molecular flexibility index (Phi) is 4.06. The van der Waals surface area contributed by atoms with E-state index >= 15 is 0 Å². The largest absolute Gasteiger partial charge is 0.484 e. The number of likely N-dealkylation sites (N-methyl/N-ethyl adjacent to an activating group) is 1. The number of carbonyl (C=O) groups is 1. The second-order valence-electron chi connectivity index (χ2n) is 4.90. The van der Waals surface area contributed by atoms with Crippen molar-refractivity contribution in [2.75, 3.05) is 13.7 Å². The molecular weight excluding hydrogens is 240 g/mol. The summed E-state index contributed by atoms with van der Waals surface area (Å²) in [7, 11) is 1.70. The quantitative estimate of drug-likeness (QED) is 0.833. The fourth-order valence-electron chi connectivity index (χ4n) is 2.48. The van der Waals surface area contributed by atoms with Crippen LogP contribution in [0.3, 0.4) is 0 Å². The smallest absolute Gasteiger partial charge is 0.261 e. The highest BCUT2D eigenvalue weighted by Gasteiger charge is 2.40. The lowest BCUT2D eigenvalue weighted by Crippen LogP contribution is -2.48. The number of benzene rings is 1. The molecule has 0 atom stereocenters. The Morgan fingerprint density at radius 3 is 2.58 bits per heavy atom. The summed E-state index contributed by atoms with van der Waals surface area (Å²) in [5.74, 6) is 0.522. The number of hydrogen-bond acceptors (Lipinski definition) is 3. The van der Waals surface area contributed by atoms with Crippen molar-refractivity contribution in [3.8, 4) is 11.8 Å². The van der Waals surface area contributed by atoms with Crippen LogP contribution in [-0.2, 0) is 4.79 Å². The highest BCUT2D eigenvalue weighted by molar-refractivity contribution is 5.78. The molecule has 4 heteroatoms. The molecule has 1 amide bonds. The molecule has 0 radical (unpaired) electrons. The molecule has 0 bridgehead atoms. The molecule has 0 saturated heterocycles. The lowest BCUT2D eigenvalue weighted by atomic mass is 9.98. The van der Waals surface area contributed by atoms with Crippen molar-refractivity contribution in [1.82, 2.24) is 4.90 Å². The van der Waals surface area contributed by atoms with E-state index in [1.807, 2.05) is 30.3 Å². The number of nitrogens with zero attached hydrogens (tertiary/aromatic N) is 2. The van der Waals surface area contributed by atoms with Gasteiger partial charge in [0.1, 0.15) is 11.3 Å². The molecule has 1 saturated carbocycles. The van der Waals surface area contributed by atoms with E-state index in [9.17, 15) is 10.1 Å². The minimum absolute atomic E-state index is 0.0239. The molecule has 0 spiro atoms. The van der Waals surface area contributed by atoms with Gasteiger partial charge < -0.3 is 9.64 Å². The molecule has 1 aromatic rings. The van der Waals surface area contributed by atoms with E-state index in [4.69, 9.17) is 4.74 Å². The minimum atomic E-state index is -0.628. The van der Waals surface area contributed by atoms with Gasteiger partial charge in [0, 0.05) is 7.05 Å². The van der Waals surface area contributed by atoms with Gasteiger partial charge in [0.2, 0.25) is 0 Å². The molecule has 1 aromatic carbocycles. The standard InChI is InChI=1S/C15H18N2O2/c1-17(15(12-16)9-5-6-10-15)14(18)11-19-13-7-3-2-4-8-13/h2-4,7-8H,5-6,9-11H2,1H3. The van der Waals surface area contributed by atoms with Crippen LogP contribution in [0.4, 0.5) is 0 Å². The normalized spacial score (nSPS) is 16.6. The molecule has 0 aliphatic heterocycles. The van der Waals surface area contributed by atoms with Crippen molar-refractivity contribution in [3.63, 3.8) is 0 Å². The van der Waals surface area contributed by atoms with Crippen molar-refractivity contribution in [2.45, 2.75) is 31.2 Å². The molecule has 1 aliphatic carbocycles. The molecule has 0 unspecified atom stereocenters. The lowest BCUT2D eigenvalue weighted by molar-refractivity contribution is -0.136. The summed E-state index contributed by atoms with van der Waals surface area (Å²) in [6, 6.07) is 11.5. The molecule has 0 aromatic heterocycles. The number of para-hydroxylation sites is 1. The number of ether oxygens (including phenoxy) is 1. The second-order valence-corrected chi connectivity index (χ2v) is 4.90. The van der Waals surface area contributed by atoms with Gasteiger partial charge >= 0.3 is 0 Å². The van der Waals surface area contributed by atoms with E-state index in [1.165, 1.54) is 0 Å². The Labute approximate surface area is 113 Å². The summed E-state index contributed by atoms with van der Waals surface area (Å²) >= 11 is 0. The Bertz CT molecular complexity index is 473. The van der Waals surface area contributed by atoms with Crippen molar-refractivity contribution < 1.29 is 9.53 Å². The van der Waals surface area contributed by atoms with Crippen LogP contribution in [0.15, 0.2) is 30.3 Å². The van der Waals surface area contributed by atoms with Gasteiger partial charge in [0.25, 0.3) is 5.91 Å². The fourth-order valence-corrected chi connectivity index (χ4v) is 2.48. The van der Waals surface area contributed by atoms with Crippen LogP contribution in [0.1, 0.15) is 25.7 Å². The third-order valence-corrected chi connectivity index (χ3v) is 3.76. The summed E-state index contributed by atoms with van der Waals surface area (Å²) in [6.45, 7) is -0.0239. The summed E-state index contributed by atoms with van der Waals surface area (Å²) in [5.41, 5.74) is -0.628. The highest BCUT2D eigenvalue weighted by atomic mass is 16.5. The van der Waals surface area contributed by atoms with Gasteiger partial charge in [-0.1, -0.05) is 18.2 Å². The SMILES string of the molecule is CN(C(=O)COc1ccccc1)C1(C#N)CCCC1. The summed E-state index contributed by atoms with van der Waals surface area (Å²) < 4.78 is 5.44. The van der Waals surface area contributed by atoms with E-state index in [2.05, 4.69) is 6.07 Å². The van der Waals surface area contributed by atoms with Crippen molar-refractivity contribution in [1.29, 1.82) is 5.26 Å². The van der Waals surface area contributed by atoms with Gasteiger partial charge in [-0.15, -0.1) is 0 Å². The van der Waals surface area contributed by atoms with Crippen LogP contribution in [0, 0.1) is 11.3 Å². The van der Waals surface area contributed by atoms with E-state index in [0.29, 0.717) is 5.75 Å². The number of amides is 1. The van der Waals surface area contributed by atoms with Gasteiger partial charge in [-0.3, -0.25) is 4.79 Å². The van der Waals surface area contributed by atoms with Crippen LogP contribution in [0.5, 0.6) is 5.75 Å². The third-order valence-electron chi connectivity index (χ3n) is 3.76. The first-order chi connectivity index (χ1) is 9.18. The maximum absolute atomic E-state index is 12.1. The molecule has 2 rings (SSSR count). The molecule has 4 nitrogen and oxygen atoms in total. The molecule has 1 fully saturated rings. The summed E-state index contributed by atoms with van der Waals surface area (Å²) in [5, 5.41) is 9.34. The topological polar surface area (TPSA) is 53.3 Å². The zero-order chi connectivity index (χ0) is 13.7. The van der Waals surface area contributed by atoms with Gasteiger partial charge in [-0.2, -0.15) is 5.26 Å². The maximum Gasteiger partial charge on any atom is 0.261 e. The maximum atomic E-state index is 12.1. The fraction of sp³-hybridized carbons (Fsp3) is 0.467. The molecule has 19 heavy (non-hydrogen) atoms. The lowest BCUT2D eigenvalue weighted by Gasteiger charge is -2.32. The van der Waals surface area contributed by atoms with Crippen LogP contribution in [0.25, 0.3) is 0 Å². The predicted octanol–water partition coefficient (Wildman–Crippen LogP) is 2.36. The Balaban J connectivity index is 1.95. The van der Waals surface area contributed by atoms with E-state index < -0.39 is 5.54 Å². The zero-order valence-corrected chi connectivity index (χ0v) is 11.1. The van der Waals surface area contributed by atoms with Crippen molar-refractivity contribution in [2.24, 2.45) is 0 Å². The number of hydrogen-bond donors (Lipinski definition) is 0. The summed E-state index contributed by atoms with van der Waals surface area (Å²) in [6.07, 6.45) is 3.53. The molecule has 0 heterocycles. The predicted molar refractivity (Wildman–Crippen MR) is 71.5 cm³/mol. The molecule has 1 aliphatic rings. The zero-order valence-electron chi connectivity index (χ0n) is 11.1. The number of nitriles is 1. The van der Waals surface area contributed by atoms with E-state index in [-0.39, 0.29) is 12.5 Å². The Morgan fingerprint density at radius 2 is 2.00 bits per heavy atom. The molecule has 100 valence electrons. The minimum Gasteiger partial charge on any atom is -0.484 e. The van der Waals surface area contributed by atoms with E-state index in [1.54, 1.807) is 11.9 Å². The first-order valence-electron chi connectivity index (χ1n) is 6.54. The van der Waals surface area contributed by atoms with E-state index in [0.717, 1.165) is 25.7 Å². The third kappa shape index (κ3) is 2.87. The molecule has 0 N–H and O–H groups in total. The van der Waals surface area contributed by atoms with Crippen LogP contribution < -0.4 is 4.74 Å². The van der Waals surface area contributed by atoms with Crippen LogP contribution >= 0.6 is 0 Å². The van der Waals surface area contributed by atoms with Crippen molar-refractivity contribution >= 4 is 5.91 Å². The average molecular weight is 258 g/mol. The Hall–Kier alpha value is -2.02. The summed E-state index contributed by atoms with van der Waals surface area (Å²) in [4.78, 5) is 13.7. The monoisotopic (exact) mass is 258 g/mol. The second kappa shape index (κ2) is 5.75. The van der Waals surface area contributed by atoms with Gasteiger partial charge in [-0.05, 0) is 37.8 Å². The first-order valence-corrected chi connectivity index (χ1v) is 6.54.